The number of nitrogens with two attached hydrogens (primary N) is 2. The molecule has 0 radical (unpaired) electrons. The summed E-state index contributed by atoms with van der Waals surface area (Å²) in [4.78, 5) is 21.1. The Balaban J connectivity index is 2.86. The molecule has 92 valence electrons. The first kappa shape index (κ1) is 12.9. The molecular formula is C10H13N3O4. The predicted molar refractivity (Wildman–Crippen MR) is 61.2 cm³/mol. The number of methoxy groups -OCH3 is 1. The van der Waals surface area contributed by atoms with Gasteiger partial charge in [0.2, 0.25) is 0 Å². The number of non-ortho nitro benzene ring substituents is 1. The van der Waals surface area contributed by atoms with Crippen LogP contribution in [0.1, 0.15) is 5.56 Å². The van der Waals surface area contributed by atoms with Gasteiger partial charge in [-0.3, -0.25) is 14.9 Å². The number of hydrogen-bond donors (Lipinski definition) is 2. The Morgan fingerprint density at radius 2 is 2.24 bits per heavy atom. The number of carbonyl (C=O) groups is 1. The summed E-state index contributed by atoms with van der Waals surface area (Å²) in [5.41, 5.74) is 11.9. The summed E-state index contributed by atoms with van der Waals surface area (Å²) in [6, 6.07) is 3.20. The summed E-state index contributed by atoms with van der Waals surface area (Å²) in [7, 11) is 1.24. The average molecular weight is 239 g/mol. The summed E-state index contributed by atoms with van der Waals surface area (Å²) in [5.74, 6) is -0.553. The van der Waals surface area contributed by atoms with E-state index < -0.39 is 16.9 Å². The molecule has 1 rings (SSSR count). The number of nitro groups is 1. The number of esters is 1. The molecule has 7 heteroatoms. The van der Waals surface area contributed by atoms with E-state index in [1.807, 2.05) is 0 Å². The molecule has 4 N–H and O–H groups in total. The lowest BCUT2D eigenvalue weighted by atomic mass is 10.0. The molecular weight excluding hydrogens is 226 g/mol. The second kappa shape index (κ2) is 5.26. The minimum atomic E-state index is -0.830. The fourth-order valence-electron chi connectivity index (χ4n) is 1.35. The number of anilines is 1. The van der Waals surface area contributed by atoms with Gasteiger partial charge in [-0.15, -0.1) is 0 Å². The smallest absolute Gasteiger partial charge is 0.322 e. The third-order valence-electron chi connectivity index (χ3n) is 2.28. The molecule has 0 amide bonds. The molecule has 0 aromatic heterocycles. The van der Waals surface area contributed by atoms with Crippen LogP contribution in [0, 0.1) is 10.1 Å². The van der Waals surface area contributed by atoms with Crippen LogP contribution in [0.25, 0.3) is 0 Å². The van der Waals surface area contributed by atoms with Crippen LogP contribution in [0.3, 0.4) is 0 Å². The van der Waals surface area contributed by atoms with Gasteiger partial charge in [0.05, 0.1) is 12.0 Å². The summed E-state index contributed by atoms with van der Waals surface area (Å²) >= 11 is 0. The summed E-state index contributed by atoms with van der Waals surface area (Å²) in [6.45, 7) is 0. The molecule has 0 fully saturated rings. The van der Waals surface area contributed by atoms with Gasteiger partial charge >= 0.3 is 5.97 Å². The highest BCUT2D eigenvalue weighted by Gasteiger charge is 2.17. The number of rotatable bonds is 4. The number of ether oxygens (including phenoxy) is 1. The zero-order valence-corrected chi connectivity index (χ0v) is 9.25. The van der Waals surface area contributed by atoms with Crippen LogP contribution in [-0.2, 0) is 16.0 Å². The highest BCUT2D eigenvalue weighted by atomic mass is 16.6. The first-order valence-electron chi connectivity index (χ1n) is 4.82. The second-order valence-corrected chi connectivity index (χ2v) is 3.47. The number of nitro benzene ring substituents is 1. The van der Waals surface area contributed by atoms with Gasteiger partial charge in [-0.1, -0.05) is 6.07 Å². The van der Waals surface area contributed by atoms with Gasteiger partial charge in [-0.05, 0) is 5.56 Å². The minimum Gasteiger partial charge on any atom is -0.468 e. The lowest BCUT2D eigenvalue weighted by molar-refractivity contribution is -0.384. The van der Waals surface area contributed by atoms with E-state index >= 15 is 0 Å². The molecule has 0 bridgehead atoms. The number of nitrogens with zero attached hydrogens (tertiary/aromatic N) is 1. The Bertz CT molecular complexity index is 447. The molecule has 0 spiro atoms. The highest BCUT2D eigenvalue weighted by Crippen LogP contribution is 2.20. The van der Waals surface area contributed by atoms with Gasteiger partial charge in [0.25, 0.3) is 5.69 Å². The second-order valence-electron chi connectivity index (χ2n) is 3.47. The van der Waals surface area contributed by atoms with Crippen molar-refractivity contribution in [2.75, 3.05) is 12.8 Å². The maximum Gasteiger partial charge on any atom is 0.322 e. The molecule has 0 aliphatic heterocycles. The maximum atomic E-state index is 11.1. The molecule has 7 nitrogen and oxygen atoms in total. The van der Waals surface area contributed by atoms with Crippen molar-refractivity contribution in [2.45, 2.75) is 12.5 Å². The maximum absolute atomic E-state index is 11.1. The van der Waals surface area contributed by atoms with E-state index in [9.17, 15) is 14.9 Å². The summed E-state index contributed by atoms with van der Waals surface area (Å²) in [6.07, 6.45) is 0.177. The quantitative estimate of drug-likeness (QED) is 0.335. The monoisotopic (exact) mass is 239 g/mol. The lowest BCUT2D eigenvalue weighted by Gasteiger charge is -2.10. The van der Waals surface area contributed by atoms with Crippen molar-refractivity contribution in [3.8, 4) is 0 Å². The molecule has 1 aromatic rings. The van der Waals surface area contributed by atoms with E-state index in [1.165, 1.54) is 25.3 Å². The molecule has 0 unspecified atom stereocenters. The van der Waals surface area contributed by atoms with Crippen LogP contribution in [0.2, 0.25) is 0 Å². The third-order valence-corrected chi connectivity index (χ3v) is 2.28. The van der Waals surface area contributed by atoms with Crippen molar-refractivity contribution in [1.82, 2.24) is 0 Å². The molecule has 1 atom stereocenters. The van der Waals surface area contributed by atoms with Gasteiger partial charge in [-0.2, -0.15) is 0 Å². The Kier molecular flexibility index (Phi) is 4.00. The van der Waals surface area contributed by atoms with Gasteiger partial charge in [-0.25, -0.2) is 0 Å². The van der Waals surface area contributed by atoms with Gasteiger partial charge < -0.3 is 16.2 Å². The molecule has 0 heterocycles. The summed E-state index contributed by atoms with van der Waals surface area (Å²) in [5, 5.41) is 10.5. The van der Waals surface area contributed by atoms with Gasteiger partial charge in [0.15, 0.2) is 0 Å². The lowest BCUT2D eigenvalue weighted by Crippen LogP contribution is -2.33. The molecule has 0 saturated heterocycles. The first-order valence-corrected chi connectivity index (χ1v) is 4.82. The topological polar surface area (TPSA) is 121 Å². The third kappa shape index (κ3) is 3.15. The van der Waals surface area contributed by atoms with E-state index in [1.54, 1.807) is 0 Å². The van der Waals surface area contributed by atoms with Crippen molar-refractivity contribution in [2.24, 2.45) is 5.73 Å². The zero-order chi connectivity index (χ0) is 13.0. The summed E-state index contributed by atoms with van der Waals surface area (Å²) < 4.78 is 4.47. The van der Waals surface area contributed by atoms with E-state index in [-0.39, 0.29) is 17.8 Å². The van der Waals surface area contributed by atoms with Gasteiger partial charge in [0, 0.05) is 24.2 Å². The normalized spacial score (nSPS) is 11.9. The van der Waals surface area contributed by atoms with Crippen LogP contribution < -0.4 is 11.5 Å². The SMILES string of the molecule is COC(=O)[C@H](N)Cc1ccc([N+](=O)[O-])cc1N. The highest BCUT2D eigenvalue weighted by molar-refractivity contribution is 5.76. The van der Waals surface area contributed by atoms with Crippen LogP contribution in [0.4, 0.5) is 11.4 Å². The van der Waals surface area contributed by atoms with Crippen molar-refractivity contribution < 1.29 is 14.5 Å². The first-order chi connectivity index (χ1) is 7.95. The van der Waals surface area contributed by atoms with Crippen LogP contribution in [0.15, 0.2) is 18.2 Å². The fourth-order valence-corrected chi connectivity index (χ4v) is 1.35. The molecule has 17 heavy (non-hydrogen) atoms. The molecule has 0 aliphatic carbocycles. The number of hydrogen-bond acceptors (Lipinski definition) is 6. The average Bonchev–Trinajstić information content (AvgIpc) is 2.30. The number of benzene rings is 1. The molecule has 1 aromatic carbocycles. The Labute approximate surface area is 97.5 Å². The van der Waals surface area contributed by atoms with E-state index in [2.05, 4.69) is 4.74 Å². The van der Waals surface area contributed by atoms with Crippen molar-refractivity contribution in [3.05, 3.63) is 33.9 Å². The Morgan fingerprint density at radius 1 is 1.59 bits per heavy atom. The Morgan fingerprint density at radius 3 is 2.71 bits per heavy atom. The zero-order valence-electron chi connectivity index (χ0n) is 9.25. The van der Waals surface area contributed by atoms with E-state index in [0.29, 0.717) is 5.56 Å². The standard InChI is InChI=1S/C10H13N3O4/c1-17-10(14)9(12)4-6-2-3-7(13(15)16)5-8(6)11/h2-3,5,9H,4,11-12H2,1H3/t9-/m1/s1. The number of carbonyl (C=O) groups excluding carboxylic acids is 1. The Hall–Kier alpha value is -2.15. The largest absolute Gasteiger partial charge is 0.468 e. The molecule has 0 aliphatic rings. The van der Waals surface area contributed by atoms with E-state index in [4.69, 9.17) is 11.5 Å². The van der Waals surface area contributed by atoms with Crippen LogP contribution >= 0.6 is 0 Å². The van der Waals surface area contributed by atoms with Crippen molar-refractivity contribution in [3.63, 3.8) is 0 Å². The minimum absolute atomic E-state index is 0.0992. The van der Waals surface area contributed by atoms with Crippen molar-refractivity contribution >= 4 is 17.3 Å². The molecule has 0 saturated carbocycles. The predicted octanol–water partition coefficient (Wildman–Crippen LogP) is 0.220. The van der Waals surface area contributed by atoms with Gasteiger partial charge in [0.1, 0.15) is 6.04 Å². The van der Waals surface area contributed by atoms with Crippen LogP contribution in [0.5, 0.6) is 0 Å². The van der Waals surface area contributed by atoms with E-state index in [0.717, 1.165) is 0 Å². The van der Waals surface area contributed by atoms with Crippen molar-refractivity contribution in [1.29, 1.82) is 0 Å². The van der Waals surface area contributed by atoms with Crippen LogP contribution in [-0.4, -0.2) is 24.0 Å². The fraction of sp³-hybridized carbons (Fsp3) is 0.300. The number of nitrogen functional groups attached to an aromatic ring is 1.